The first-order valence-electron chi connectivity index (χ1n) is 6.09. The van der Waals surface area contributed by atoms with Gasteiger partial charge in [0.25, 0.3) is 0 Å². The van der Waals surface area contributed by atoms with E-state index in [0.717, 1.165) is 16.6 Å². The highest BCUT2D eigenvalue weighted by atomic mass is 35.5. The van der Waals surface area contributed by atoms with Gasteiger partial charge < -0.3 is 9.47 Å². The first-order valence-corrected chi connectivity index (χ1v) is 6.47. The molecule has 0 N–H and O–H groups in total. The number of rotatable bonds is 2. The molecule has 0 saturated heterocycles. The summed E-state index contributed by atoms with van der Waals surface area (Å²) in [6.07, 6.45) is 0. The van der Waals surface area contributed by atoms with Crippen molar-refractivity contribution in [3.8, 4) is 11.5 Å². The lowest BCUT2D eigenvalue weighted by molar-refractivity contribution is 0.397. The Morgan fingerprint density at radius 3 is 2.26 bits per heavy atom. The molecule has 0 spiro atoms. The summed E-state index contributed by atoms with van der Waals surface area (Å²) in [5, 5.41) is 1.47. The predicted molar refractivity (Wildman–Crippen MR) is 78.6 cm³/mol. The van der Waals surface area contributed by atoms with Crippen molar-refractivity contribution in [1.82, 2.24) is 4.98 Å². The SMILES string of the molecule is COc1cc(OC)c2c(Cl)cc(C(C)(C)C)nc2c1. The fourth-order valence-corrected chi connectivity index (χ4v) is 2.21. The zero-order chi connectivity index (χ0) is 14.2. The van der Waals surface area contributed by atoms with E-state index in [2.05, 4.69) is 25.8 Å². The molecular formula is C15H18ClNO2. The molecule has 3 nitrogen and oxygen atoms in total. The molecule has 0 saturated carbocycles. The molecule has 1 aromatic heterocycles. The number of methoxy groups -OCH3 is 2. The molecule has 0 atom stereocenters. The van der Waals surface area contributed by atoms with Crippen LogP contribution in [0.15, 0.2) is 18.2 Å². The summed E-state index contributed by atoms with van der Waals surface area (Å²) in [6.45, 7) is 6.32. The number of pyridine rings is 1. The van der Waals surface area contributed by atoms with Gasteiger partial charge in [-0.2, -0.15) is 0 Å². The lowest BCUT2D eigenvalue weighted by Gasteiger charge is -2.19. The molecule has 4 heteroatoms. The van der Waals surface area contributed by atoms with Crippen LogP contribution in [-0.2, 0) is 5.41 Å². The van der Waals surface area contributed by atoms with E-state index < -0.39 is 0 Å². The highest BCUT2D eigenvalue weighted by molar-refractivity contribution is 6.36. The molecule has 2 aromatic rings. The highest BCUT2D eigenvalue weighted by Gasteiger charge is 2.19. The third kappa shape index (κ3) is 2.61. The maximum atomic E-state index is 6.39. The normalized spacial score (nSPS) is 11.7. The van der Waals surface area contributed by atoms with Gasteiger partial charge in [-0.05, 0) is 6.07 Å². The maximum Gasteiger partial charge on any atom is 0.133 e. The lowest BCUT2D eigenvalue weighted by atomic mass is 9.91. The van der Waals surface area contributed by atoms with Crippen LogP contribution in [0.5, 0.6) is 11.5 Å². The van der Waals surface area contributed by atoms with Gasteiger partial charge in [-0.1, -0.05) is 32.4 Å². The Hall–Kier alpha value is -1.48. The number of nitrogens with zero attached hydrogens (tertiary/aromatic N) is 1. The maximum absolute atomic E-state index is 6.39. The first kappa shape index (κ1) is 13.9. The van der Waals surface area contributed by atoms with Crippen LogP contribution in [0.3, 0.4) is 0 Å². The van der Waals surface area contributed by atoms with Crippen LogP contribution in [0.25, 0.3) is 10.9 Å². The molecule has 0 aliphatic rings. The van der Waals surface area contributed by atoms with Crippen LogP contribution >= 0.6 is 11.6 Å². The van der Waals surface area contributed by atoms with Gasteiger partial charge in [0, 0.05) is 23.2 Å². The van der Waals surface area contributed by atoms with Crippen molar-refractivity contribution < 1.29 is 9.47 Å². The van der Waals surface area contributed by atoms with E-state index in [0.29, 0.717) is 16.5 Å². The lowest BCUT2D eigenvalue weighted by Crippen LogP contribution is -2.13. The van der Waals surface area contributed by atoms with E-state index in [-0.39, 0.29) is 5.41 Å². The molecule has 0 amide bonds. The van der Waals surface area contributed by atoms with Gasteiger partial charge >= 0.3 is 0 Å². The number of ether oxygens (including phenoxy) is 2. The van der Waals surface area contributed by atoms with Gasteiger partial charge in [-0.3, -0.25) is 4.98 Å². The van der Waals surface area contributed by atoms with E-state index in [4.69, 9.17) is 21.1 Å². The number of halogens is 1. The Kier molecular flexibility index (Phi) is 3.59. The third-order valence-corrected chi connectivity index (χ3v) is 3.32. The molecule has 0 radical (unpaired) electrons. The van der Waals surface area contributed by atoms with Gasteiger partial charge in [0.05, 0.1) is 30.1 Å². The molecule has 0 unspecified atom stereocenters. The molecule has 0 fully saturated rings. The van der Waals surface area contributed by atoms with E-state index in [1.807, 2.05) is 18.2 Å². The molecule has 1 aromatic carbocycles. The van der Waals surface area contributed by atoms with Gasteiger partial charge in [-0.15, -0.1) is 0 Å². The summed E-state index contributed by atoms with van der Waals surface area (Å²) in [7, 11) is 3.23. The Labute approximate surface area is 118 Å². The summed E-state index contributed by atoms with van der Waals surface area (Å²) in [6, 6.07) is 5.59. The van der Waals surface area contributed by atoms with E-state index in [1.54, 1.807) is 14.2 Å². The van der Waals surface area contributed by atoms with Crippen molar-refractivity contribution in [2.75, 3.05) is 14.2 Å². The summed E-state index contributed by atoms with van der Waals surface area (Å²) in [4.78, 5) is 4.68. The van der Waals surface area contributed by atoms with Crippen molar-refractivity contribution >= 4 is 22.5 Å². The van der Waals surface area contributed by atoms with Crippen molar-refractivity contribution in [2.45, 2.75) is 26.2 Å². The predicted octanol–water partition coefficient (Wildman–Crippen LogP) is 4.20. The number of fused-ring (bicyclic) bond motifs is 1. The summed E-state index contributed by atoms with van der Waals surface area (Å²) < 4.78 is 10.6. The summed E-state index contributed by atoms with van der Waals surface area (Å²) >= 11 is 6.39. The number of hydrogen-bond acceptors (Lipinski definition) is 3. The van der Waals surface area contributed by atoms with Crippen molar-refractivity contribution in [3.63, 3.8) is 0 Å². The Morgan fingerprint density at radius 1 is 1.05 bits per heavy atom. The van der Waals surface area contributed by atoms with E-state index >= 15 is 0 Å². The minimum atomic E-state index is -0.0614. The number of benzene rings is 1. The third-order valence-electron chi connectivity index (χ3n) is 3.02. The molecule has 19 heavy (non-hydrogen) atoms. The second-order valence-electron chi connectivity index (χ2n) is 5.46. The van der Waals surface area contributed by atoms with Crippen LogP contribution < -0.4 is 9.47 Å². The first-order chi connectivity index (χ1) is 8.86. The number of aromatic nitrogens is 1. The average molecular weight is 280 g/mol. The highest BCUT2D eigenvalue weighted by Crippen LogP contribution is 2.37. The molecule has 102 valence electrons. The molecule has 1 heterocycles. The van der Waals surface area contributed by atoms with Gasteiger partial charge in [0.2, 0.25) is 0 Å². The Bertz CT molecular complexity index is 618. The zero-order valence-electron chi connectivity index (χ0n) is 11.9. The Morgan fingerprint density at radius 2 is 1.74 bits per heavy atom. The fraction of sp³-hybridized carbons (Fsp3) is 0.400. The van der Waals surface area contributed by atoms with Crippen molar-refractivity contribution in [3.05, 3.63) is 28.9 Å². The zero-order valence-corrected chi connectivity index (χ0v) is 12.6. The Balaban J connectivity index is 2.80. The second kappa shape index (κ2) is 4.89. The quantitative estimate of drug-likeness (QED) is 0.825. The monoisotopic (exact) mass is 279 g/mol. The van der Waals surface area contributed by atoms with E-state index in [1.165, 1.54) is 0 Å². The van der Waals surface area contributed by atoms with Crippen LogP contribution in [0.1, 0.15) is 26.5 Å². The van der Waals surface area contributed by atoms with Gasteiger partial charge in [0.1, 0.15) is 11.5 Å². The average Bonchev–Trinajstić information content (AvgIpc) is 2.35. The standard InChI is InChI=1S/C15H18ClNO2/c1-15(2,3)13-8-10(16)14-11(17-13)6-9(18-4)7-12(14)19-5/h6-8H,1-5H3. The summed E-state index contributed by atoms with van der Waals surface area (Å²) in [5.41, 5.74) is 1.67. The molecular weight excluding hydrogens is 262 g/mol. The fourth-order valence-electron chi connectivity index (χ4n) is 1.92. The van der Waals surface area contributed by atoms with Crippen LogP contribution in [0.2, 0.25) is 5.02 Å². The van der Waals surface area contributed by atoms with Crippen LogP contribution in [-0.4, -0.2) is 19.2 Å². The molecule has 0 bridgehead atoms. The van der Waals surface area contributed by atoms with Crippen molar-refractivity contribution in [2.24, 2.45) is 0 Å². The van der Waals surface area contributed by atoms with E-state index in [9.17, 15) is 0 Å². The van der Waals surface area contributed by atoms with Gasteiger partial charge in [0.15, 0.2) is 0 Å². The molecule has 0 aliphatic heterocycles. The number of hydrogen-bond donors (Lipinski definition) is 0. The van der Waals surface area contributed by atoms with Crippen LogP contribution in [0, 0.1) is 0 Å². The topological polar surface area (TPSA) is 31.4 Å². The minimum Gasteiger partial charge on any atom is -0.497 e. The smallest absolute Gasteiger partial charge is 0.133 e. The summed E-state index contributed by atoms with van der Waals surface area (Å²) in [5.74, 6) is 1.38. The second-order valence-corrected chi connectivity index (χ2v) is 5.87. The van der Waals surface area contributed by atoms with Crippen molar-refractivity contribution in [1.29, 1.82) is 0 Å². The molecule has 2 rings (SSSR count). The molecule has 0 aliphatic carbocycles. The van der Waals surface area contributed by atoms with Gasteiger partial charge in [-0.25, -0.2) is 0 Å². The van der Waals surface area contributed by atoms with Crippen LogP contribution in [0.4, 0.5) is 0 Å². The largest absolute Gasteiger partial charge is 0.497 e. The minimum absolute atomic E-state index is 0.0614.